The van der Waals surface area contributed by atoms with Crippen LogP contribution >= 0.6 is 7.82 Å². The fourth-order valence-electron chi connectivity index (χ4n) is 7.68. The second-order valence-electron chi connectivity index (χ2n) is 19.1. The van der Waals surface area contributed by atoms with E-state index in [-0.39, 0.29) is 25.9 Å². The summed E-state index contributed by atoms with van der Waals surface area (Å²) in [5.41, 5.74) is 0. The highest BCUT2D eigenvalue weighted by Gasteiger charge is 2.28. The smallest absolute Gasteiger partial charge is 0.462 e. The Morgan fingerprint density at radius 1 is 0.403 bits per heavy atom. The van der Waals surface area contributed by atoms with Gasteiger partial charge >= 0.3 is 25.7 Å². The quantitative estimate of drug-likeness (QED) is 0.0197. The van der Waals surface area contributed by atoms with E-state index in [1.54, 1.807) is 0 Å². The summed E-state index contributed by atoms with van der Waals surface area (Å²) < 4.78 is 39.5. The van der Waals surface area contributed by atoms with E-state index < -0.39 is 57.8 Å². The number of aliphatic hydroxyl groups is 1. The van der Waals surface area contributed by atoms with Crippen LogP contribution in [0, 0.1) is 0 Å². The average molecular weight is 1030 g/mol. The van der Waals surface area contributed by atoms with Crippen LogP contribution in [-0.4, -0.2) is 66.5 Å². The molecule has 0 fully saturated rings. The van der Waals surface area contributed by atoms with Gasteiger partial charge in [-0.15, -0.1) is 0 Å². The lowest BCUT2D eigenvalue weighted by Crippen LogP contribution is -2.30. The predicted octanol–water partition coefficient (Wildman–Crippen LogP) is 16.9. The number of phosphoric ester groups is 1. The first-order valence-electron chi connectivity index (χ1n) is 28.8. The lowest BCUT2D eigenvalue weighted by Gasteiger charge is -2.21. The van der Waals surface area contributed by atoms with E-state index in [1.807, 2.05) is 0 Å². The molecule has 0 aromatic rings. The molecule has 3 atom stereocenters. The van der Waals surface area contributed by atoms with Crippen LogP contribution < -0.4 is 0 Å². The van der Waals surface area contributed by atoms with E-state index in [0.29, 0.717) is 19.3 Å². The number of phosphoric acid groups is 1. The standard InChI is InChI=1S/C60H105O11P/c1-4-7-10-13-16-19-22-24-26-28-30-32-35-37-40-43-46-49-58(62)67-53-57(71-60(64)51-48-45-42-39-36-33-31-29-27-25-23-20-17-14-11-8-5-2)55-69-72(65,66)68-54-56(52-61)70-59(63)50-47-44-41-38-34-21-18-15-12-9-6-3/h8,11,15,17-18,20,24-27,31,33,56-57,61H,4-7,9-10,12-14,16,19,21-23,28-30,32,34-55H2,1-3H3,(H,65,66)/b11-8-,18-15-,20-17-,26-24-,27-25-,33-31-. The van der Waals surface area contributed by atoms with E-state index >= 15 is 0 Å². The molecule has 0 aliphatic rings. The van der Waals surface area contributed by atoms with Crippen molar-refractivity contribution >= 4 is 25.7 Å². The van der Waals surface area contributed by atoms with E-state index in [2.05, 4.69) is 93.7 Å². The van der Waals surface area contributed by atoms with Gasteiger partial charge in [-0.05, 0) is 103 Å². The molecule has 0 aromatic carbocycles. The van der Waals surface area contributed by atoms with Crippen LogP contribution in [0.4, 0.5) is 0 Å². The molecule has 3 unspecified atom stereocenters. The lowest BCUT2D eigenvalue weighted by molar-refractivity contribution is -0.161. The molecule has 0 amide bonds. The summed E-state index contributed by atoms with van der Waals surface area (Å²) in [4.78, 5) is 48.5. The SMILES string of the molecule is CC/C=C\C/C=C\C/C=C\C/C=C\CCCCCCC(=O)OC(COC(=O)CCCCCCCCC/C=C\CCCCCCCC)COP(=O)(O)OCC(CO)OC(=O)CCCCCCC/C=C\CCCC. The molecule has 0 saturated heterocycles. The van der Waals surface area contributed by atoms with Crippen LogP contribution in [-0.2, 0) is 42.2 Å². The molecule has 416 valence electrons. The molecule has 0 aliphatic heterocycles. The van der Waals surface area contributed by atoms with Gasteiger partial charge < -0.3 is 24.2 Å². The highest BCUT2D eigenvalue weighted by atomic mass is 31.2. The van der Waals surface area contributed by atoms with E-state index in [0.717, 1.165) is 116 Å². The van der Waals surface area contributed by atoms with Gasteiger partial charge in [0.2, 0.25) is 0 Å². The minimum absolute atomic E-state index is 0.137. The van der Waals surface area contributed by atoms with Crippen LogP contribution in [0.3, 0.4) is 0 Å². The Labute approximate surface area is 439 Å². The van der Waals surface area contributed by atoms with Gasteiger partial charge in [-0.3, -0.25) is 23.4 Å². The second-order valence-corrected chi connectivity index (χ2v) is 20.5. The summed E-state index contributed by atoms with van der Waals surface area (Å²) in [6.07, 6.45) is 60.0. The Bertz CT molecular complexity index is 1490. The zero-order valence-corrected chi connectivity index (χ0v) is 46.8. The van der Waals surface area contributed by atoms with E-state index in [1.165, 1.54) is 77.0 Å². The highest BCUT2D eigenvalue weighted by Crippen LogP contribution is 2.43. The number of unbranched alkanes of at least 4 members (excludes halogenated alkanes) is 24. The maximum atomic E-state index is 12.9. The number of hydrogen-bond donors (Lipinski definition) is 2. The third kappa shape index (κ3) is 51.8. The monoisotopic (exact) mass is 1030 g/mol. The topological polar surface area (TPSA) is 155 Å². The molecular weight excluding hydrogens is 928 g/mol. The Morgan fingerprint density at radius 3 is 1.17 bits per heavy atom. The molecule has 0 bridgehead atoms. The average Bonchev–Trinajstić information content (AvgIpc) is 3.37. The molecule has 0 aromatic heterocycles. The summed E-state index contributed by atoms with van der Waals surface area (Å²) >= 11 is 0. The van der Waals surface area contributed by atoms with Crippen molar-refractivity contribution in [3.05, 3.63) is 72.9 Å². The summed E-state index contributed by atoms with van der Waals surface area (Å²) in [6.45, 7) is 4.45. The normalized spacial score (nSPS) is 13.9. The maximum Gasteiger partial charge on any atom is 0.472 e. The number of ether oxygens (including phenoxy) is 3. The van der Waals surface area contributed by atoms with Crippen molar-refractivity contribution in [3.8, 4) is 0 Å². The second kappa shape index (κ2) is 54.2. The molecule has 0 aliphatic carbocycles. The van der Waals surface area contributed by atoms with Gasteiger partial charge in [0.05, 0.1) is 19.8 Å². The Morgan fingerprint density at radius 2 is 0.736 bits per heavy atom. The Hall–Kier alpha value is -3.08. The third-order valence-electron chi connectivity index (χ3n) is 12.1. The van der Waals surface area contributed by atoms with E-state index in [4.69, 9.17) is 23.3 Å². The van der Waals surface area contributed by atoms with Crippen molar-refractivity contribution in [1.29, 1.82) is 0 Å². The van der Waals surface area contributed by atoms with Gasteiger partial charge in [0.15, 0.2) is 6.10 Å². The van der Waals surface area contributed by atoms with Crippen LogP contribution in [0.25, 0.3) is 0 Å². The number of rotatable bonds is 53. The zero-order valence-electron chi connectivity index (χ0n) is 45.9. The lowest BCUT2D eigenvalue weighted by atomic mass is 10.1. The first-order chi connectivity index (χ1) is 35.2. The van der Waals surface area contributed by atoms with Gasteiger partial charge in [0.1, 0.15) is 12.7 Å². The molecule has 12 heteroatoms. The van der Waals surface area contributed by atoms with Crippen molar-refractivity contribution in [2.45, 2.75) is 264 Å². The van der Waals surface area contributed by atoms with Gasteiger partial charge in [-0.25, -0.2) is 4.57 Å². The molecule has 0 radical (unpaired) electrons. The van der Waals surface area contributed by atoms with Gasteiger partial charge in [-0.2, -0.15) is 0 Å². The number of esters is 3. The fraction of sp³-hybridized carbons (Fsp3) is 0.750. The van der Waals surface area contributed by atoms with Crippen molar-refractivity contribution in [1.82, 2.24) is 0 Å². The number of aliphatic hydroxyl groups excluding tert-OH is 1. The van der Waals surface area contributed by atoms with Gasteiger partial charge in [0.25, 0.3) is 0 Å². The largest absolute Gasteiger partial charge is 0.472 e. The molecule has 0 heterocycles. The van der Waals surface area contributed by atoms with Crippen molar-refractivity contribution in [2.24, 2.45) is 0 Å². The molecule has 2 N–H and O–H groups in total. The fourth-order valence-corrected chi connectivity index (χ4v) is 8.46. The van der Waals surface area contributed by atoms with Crippen molar-refractivity contribution in [2.75, 3.05) is 26.4 Å². The molecule has 0 rings (SSSR count). The van der Waals surface area contributed by atoms with Crippen LogP contribution in [0.15, 0.2) is 72.9 Å². The first kappa shape index (κ1) is 68.9. The molecule has 72 heavy (non-hydrogen) atoms. The van der Waals surface area contributed by atoms with Crippen LogP contribution in [0.1, 0.15) is 252 Å². The summed E-state index contributed by atoms with van der Waals surface area (Å²) in [6, 6.07) is 0. The number of carbonyl (C=O) groups excluding carboxylic acids is 3. The Balaban J connectivity index is 4.78. The van der Waals surface area contributed by atoms with Crippen LogP contribution in [0.2, 0.25) is 0 Å². The summed E-state index contributed by atoms with van der Waals surface area (Å²) in [5, 5.41) is 9.79. The molecule has 0 spiro atoms. The number of allylic oxidation sites excluding steroid dienone is 12. The molecule has 0 saturated carbocycles. The zero-order chi connectivity index (χ0) is 52.7. The summed E-state index contributed by atoms with van der Waals surface area (Å²) in [5.74, 6) is -1.50. The van der Waals surface area contributed by atoms with Crippen LogP contribution in [0.5, 0.6) is 0 Å². The first-order valence-corrected chi connectivity index (χ1v) is 30.3. The van der Waals surface area contributed by atoms with Gasteiger partial charge in [0, 0.05) is 19.3 Å². The third-order valence-corrected chi connectivity index (χ3v) is 13.0. The molecular formula is C60H105O11P. The van der Waals surface area contributed by atoms with Crippen molar-refractivity contribution < 1.29 is 52.2 Å². The van der Waals surface area contributed by atoms with E-state index in [9.17, 15) is 28.9 Å². The highest BCUT2D eigenvalue weighted by molar-refractivity contribution is 7.47. The predicted molar refractivity (Wildman–Crippen MR) is 298 cm³/mol. The van der Waals surface area contributed by atoms with Gasteiger partial charge in [-0.1, -0.05) is 203 Å². The maximum absolute atomic E-state index is 12.9. The van der Waals surface area contributed by atoms with Crippen molar-refractivity contribution in [3.63, 3.8) is 0 Å². The minimum atomic E-state index is -4.76. The minimum Gasteiger partial charge on any atom is -0.462 e. The Kier molecular flexibility index (Phi) is 51.9. The molecule has 11 nitrogen and oxygen atoms in total. The summed E-state index contributed by atoms with van der Waals surface area (Å²) in [7, 11) is -4.76. The number of carbonyl (C=O) groups is 3. The number of hydrogen-bond acceptors (Lipinski definition) is 10.